The number of aliphatic carboxylic acids is 2. The zero-order chi connectivity index (χ0) is 22.8. The van der Waals surface area contributed by atoms with Crippen LogP contribution in [0.25, 0.3) is 0 Å². The highest BCUT2D eigenvalue weighted by Crippen LogP contribution is 2.29. The summed E-state index contributed by atoms with van der Waals surface area (Å²) in [4.78, 5) is 36.5. The Morgan fingerprint density at radius 2 is 1.68 bits per heavy atom. The Morgan fingerprint density at radius 1 is 1.06 bits per heavy atom. The van der Waals surface area contributed by atoms with E-state index in [9.17, 15) is 14.4 Å². The lowest BCUT2D eigenvalue weighted by atomic mass is 9.88. The SMILES string of the molecule is CN(C(=O)Cc1cccc(Cl)c1)[C@@H]1CCCC[C@@H]1N1CCCC1.O=C(O)/C=C/C(=O)O. The zero-order valence-electron chi connectivity index (χ0n) is 17.9. The standard InChI is InChI=1S/C19H27ClN2O.C4H4O4/c1-21(19(23)14-15-7-6-8-16(20)13-15)17-9-2-3-10-18(17)22-11-4-5-12-22;5-3(6)1-2-4(7)8/h6-8,13,17-18H,2-5,9-12,14H2,1H3;1-2H,(H,5,6)(H,7,8)/b;2-1+/t17-,18+;/m1./s1. The summed E-state index contributed by atoms with van der Waals surface area (Å²) in [7, 11) is 1.99. The highest BCUT2D eigenvalue weighted by Gasteiger charge is 2.35. The van der Waals surface area contributed by atoms with Gasteiger partial charge >= 0.3 is 11.9 Å². The van der Waals surface area contributed by atoms with Crippen molar-refractivity contribution in [1.29, 1.82) is 0 Å². The average molecular weight is 451 g/mol. The molecule has 1 saturated heterocycles. The number of carboxylic acid groups (broad SMARTS) is 2. The van der Waals surface area contributed by atoms with E-state index in [1.807, 2.05) is 36.2 Å². The van der Waals surface area contributed by atoms with Crippen molar-refractivity contribution >= 4 is 29.4 Å². The fraction of sp³-hybridized carbons (Fsp3) is 0.522. The molecule has 1 heterocycles. The van der Waals surface area contributed by atoms with Crippen LogP contribution in [0.2, 0.25) is 5.02 Å². The Labute approximate surface area is 188 Å². The molecule has 1 aromatic carbocycles. The van der Waals surface area contributed by atoms with Gasteiger partial charge in [0.15, 0.2) is 0 Å². The van der Waals surface area contributed by atoms with Crippen LogP contribution in [0.4, 0.5) is 0 Å². The summed E-state index contributed by atoms with van der Waals surface area (Å²) in [6, 6.07) is 8.57. The Morgan fingerprint density at radius 3 is 2.26 bits per heavy atom. The van der Waals surface area contributed by atoms with Crippen LogP contribution in [0.5, 0.6) is 0 Å². The van der Waals surface area contributed by atoms with Gasteiger partial charge in [-0.2, -0.15) is 0 Å². The molecule has 0 aromatic heterocycles. The number of amides is 1. The maximum atomic E-state index is 12.7. The number of likely N-dealkylation sites (N-methyl/N-ethyl adjacent to an activating group) is 1. The van der Waals surface area contributed by atoms with Crippen molar-refractivity contribution in [3.05, 3.63) is 47.0 Å². The normalized spacial score (nSPS) is 21.4. The van der Waals surface area contributed by atoms with Gasteiger partial charge in [-0.15, -0.1) is 0 Å². The Hall–Kier alpha value is -2.38. The van der Waals surface area contributed by atoms with Gasteiger partial charge in [-0.3, -0.25) is 9.69 Å². The molecule has 0 bridgehead atoms. The van der Waals surface area contributed by atoms with E-state index in [-0.39, 0.29) is 5.91 Å². The van der Waals surface area contributed by atoms with E-state index in [2.05, 4.69) is 4.90 Å². The lowest BCUT2D eigenvalue weighted by Gasteiger charge is -2.42. The summed E-state index contributed by atoms with van der Waals surface area (Å²) in [5, 5.41) is 16.3. The zero-order valence-corrected chi connectivity index (χ0v) is 18.6. The molecular weight excluding hydrogens is 420 g/mol. The van der Waals surface area contributed by atoms with Gasteiger partial charge in [-0.25, -0.2) is 9.59 Å². The summed E-state index contributed by atoms with van der Waals surface area (Å²) in [5.41, 5.74) is 1.00. The summed E-state index contributed by atoms with van der Waals surface area (Å²) in [5.74, 6) is -2.30. The molecule has 2 fully saturated rings. The molecule has 0 radical (unpaired) electrons. The number of hydrogen-bond acceptors (Lipinski definition) is 4. The van der Waals surface area contributed by atoms with Crippen LogP contribution in [-0.4, -0.2) is 70.1 Å². The second-order valence-corrected chi connectivity index (χ2v) is 8.42. The van der Waals surface area contributed by atoms with Gasteiger partial charge in [0.2, 0.25) is 5.91 Å². The van der Waals surface area contributed by atoms with Gasteiger partial charge in [-0.05, 0) is 56.5 Å². The first kappa shape index (κ1) is 24.9. The summed E-state index contributed by atoms with van der Waals surface area (Å²) in [6.45, 7) is 2.41. The van der Waals surface area contributed by atoms with Gasteiger partial charge in [0.1, 0.15) is 0 Å². The van der Waals surface area contributed by atoms with Crippen molar-refractivity contribution in [2.24, 2.45) is 0 Å². The van der Waals surface area contributed by atoms with Crippen molar-refractivity contribution in [3.63, 3.8) is 0 Å². The molecule has 1 saturated carbocycles. The lowest BCUT2D eigenvalue weighted by molar-refractivity contribution is -0.134. The Kier molecular flexibility index (Phi) is 10.0. The number of likely N-dealkylation sites (tertiary alicyclic amines) is 1. The number of benzene rings is 1. The first-order chi connectivity index (χ1) is 14.8. The second-order valence-electron chi connectivity index (χ2n) is 7.98. The third-order valence-corrected chi connectivity index (χ3v) is 6.04. The van der Waals surface area contributed by atoms with Crippen LogP contribution in [0.15, 0.2) is 36.4 Å². The van der Waals surface area contributed by atoms with Gasteiger partial charge < -0.3 is 15.1 Å². The minimum Gasteiger partial charge on any atom is -0.478 e. The van der Waals surface area contributed by atoms with Crippen molar-refractivity contribution in [1.82, 2.24) is 9.80 Å². The van der Waals surface area contributed by atoms with Crippen LogP contribution in [-0.2, 0) is 20.8 Å². The van der Waals surface area contributed by atoms with Gasteiger partial charge in [0, 0.05) is 36.3 Å². The van der Waals surface area contributed by atoms with Gasteiger partial charge in [0.05, 0.1) is 6.42 Å². The van der Waals surface area contributed by atoms with Crippen molar-refractivity contribution in [2.75, 3.05) is 20.1 Å². The van der Waals surface area contributed by atoms with Crippen LogP contribution in [0.3, 0.4) is 0 Å². The van der Waals surface area contributed by atoms with E-state index < -0.39 is 11.9 Å². The highest BCUT2D eigenvalue weighted by molar-refractivity contribution is 6.30. The molecule has 1 aliphatic carbocycles. The summed E-state index contributed by atoms with van der Waals surface area (Å²) < 4.78 is 0. The molecule has 3 rings (SSSR count). The largest absolute Gasteiger partial charge is 0.478 e. The third-order valence-electron chi connectivity index (χ3n) is 5.81. The molecule has 7 nitrogen and oxygen atoms in total. The number of hydrogen-bond donors (Lipinski definition) is 2. The molecule has 31 heavy (non-hydrogen) atoms. The van der Waals surface area contributed by atoms with Crippen LogP contribution in [0.1, 0.15) is 44.1 Å². The number of carbonyl (C=O) groups excluding carboxylic acids is 1. The smallest absolute Gasteiger partial charge is 0.328 e. The fourth-order valence-electron chi connectivity index (χ4n) is 4.32. The predicted molar refractivity (Wildman–Crippen MR) is 119 cm³/mol. The molecule has 8 heteroatoms. The molecule has 1 aromatic rings. The maximum Gasteiger partial charge on any atom is 0.328 e. The molecule has 2 atom stereocenters. The van der Waals surface area contributed by atoms with Crippen molar-refractivity contribution in [3.8, 4) is 0 Å². The Balaban J connectivity index is 0.000000366. The number of carboxylic acids is 2. The van der Waals surface area contributed by atoms with Gasteiger partial charge in [0.25, 0.3) is 0 Å². The number of halogens is 1. The second kappa shape index (κ2) is 12.5. The average Bonchev–Trinajstić information content (AvgIpc) is 3.27. The lowest BCUT2D eigenvalue weighted by Crippen LogP contribution is -2.53. The van der Waals surface area contributed by atoms with Crippen molar-refractivity contribution in [2.45, 2.75) is 57.0 Å². The molecule has 1 amide bonds. The third kappa shape index (κ3) is 8.34. The van der Waals surface area contributed by atoms with E-state index in [0.717, 1.165) is 12.0 Å². The van der Waals surface area contributed by atoms with Crippen LogP contribution in [0, 0.1) is 0 Å². The van der Waals surface area contributed by atoms with Crippen LogP contribution >= 0.6 is 11.6 Å². The Bertz CT molecular complexity index is 776. The maximum absolute atomic E-state index is 12.7. The number of rotatable bonds is 6. The van der Waals surface area contributed by atoms with E-state index >= 15 is 0 Å². The molecule has 0 spiro atoms. The molecular formula is C23H31ClN2O5. The number of nitrogens with zero attached hydrogens (tertiary/aromatic N) is 2. The minimum absolute atomic E-state index is 0.211. The summed E-state index contributed by atoms with van der Waals surface area (Å²) >= 11 is 6.03. The number of carbonyl (C=O) groups is 3. The monoisotopic (exact) mass is 450 g/mol. The van der Waals surface area contributed by atoms with E-state index in [1.54, 1.807) is 0 Å². The molecule has 1 aliphatic heterocycles. The van der Waals surface area contributed by atoms with Crippen molar-refractivity contribution < 1.29 is 24.6 Å². The fourth-order valence-corrected chi connectivity index (χ4v) is 4.53. The minimum atomic E-state index is -1.26. The molecule has 2 N–H and O–H groups in total. The predicted octanol–water partition coefficient (Wildman–Crippen LogP) is 3.46. The summed E-state index contributed by atoms with van der Waals surface area (Å²) in [6.07, 6.45) is 9.09. The van der Waals surface area contributed by atoms with Crippen LogP contribution < -0.4 is 0 Å². The van der Waals surface area contributed by atoms with E-state index in [0.29, 0.717) is 35.7 Å². The highest BCUT2D eigenvalue weighted by atomic mass is 35.5. The molecule has 2 aliphatic rings. The molecule has 0 unspecified atom stereocenters. The van der Waals surface area contributed by atoms with Gasteiger partial charge in [-0.1, -0.05) is 36.6 Å². The van der Waals surface area contributed by atoms with E-state index in [1.165, 1.54) is 45.2 Å². The first-order valence-corrected chi connectivity index (χ1v) is 11.0. The molecule has 170 valence electrons. The quantitative estimate of drug-likeness (QED) is 0.644. The topological polar surface area (TPSA) is 98.2 Å². The van der Waals surface area contributed by atoms with E-state index in [4.69, 9.17) is 21.8 Å². The first-order valence-electron chi connectivity index (χ1n) is 10.7.